The van der Waals surface area contributed by atoms with E-state index in [1.54, 1.807) is 0 Å². The van der Waals surface area contributed by atoms with Crippen molar-refractivity contribution in [2.75, 3.05) is 25.0 Å². The summed E-state index contributed by atoms with van der Waals surface area (Å²) in [6.07, 6.45) is 2.17. The van der Waals surface area contributed by atoms with Gasteiger partial charge in [-0.25, -0.2) is 0 Å². The Hall–Kier alpha value is -1.55. The van der Waals surface area contributed by atoms with Crippen molar-refractivity contribution in [3.8, 4) is 0 Å². The van der Waals surface area contributed by atoms with Crippen molar-refractivity contribution in [3.63, 3.8) is 0 Å². The monoisotopic (exact) mass is 249 g/mol. The van der Waals surface area contributed by atoms with Crippen molar-refractivity contribution >= 4 is 11.6 Å². The lowest BCUT2D eigenvalue weighted by Crippen LogP contribution is -2.34. The molecule has 0 spiro atoms. The minimum atomic E-state index is -0.287. The fraction of sp³-hybridized carbons (Fsp3) is 0.500. The first-order chi connectivity index (χ1) is 8.67. The van der Waals surface area contributed by atoms with Gasteiger partial charge >= 0.3 is 0 Å². The van der Waals surface area contributed by atoms with Crippen LogP contribution in [0, 0.1) is 0 Å². The van der Waals surface area contributed by atoms with Gasteiger partial charge in [0, 0.05) is 18.8 Å². The van der Waals surface area contributed by atoms with Gasteiger partial charge in [0.05, 0.1) is 6.54 Å². The van der Waals surface area contributed by atoms with E-state index in [1.165, 1.54) is 5.56 Å². The number of rotatable bonds is 8. The van der Waals surface area contributed by atoms with Crippen LogP contribution >= 0.6 is 0 Å². The Morgan fingerprint density at radius 3 is 2.50 bits per heavy atom. The molecule has 0 atom stereocenters. The van der Waals surface area contributed by atoms with Crippen LogP contribution in [0.1, 0.15) is 25.3 Å². The van der Waals surface area contributed by atoms with E-state index < -0.39 is 0 Å². The highest BCUT2D eigenvalue weighted by molar-refractivity contribution is 5.79. The zero-order chi connectivity index (χ0) is 13.4. The second kappa shape index (κ2) is 7.71. The highest BCUT2D eigenvalue weighted by Gasteiger charge is 2.08. The number of anilines is 1. The fourth-order valence-electron chi connectivity index (χ4n) is 1.87. The molecule has 100 valence electrons. The molecule has 0 unspecified atom stereocenters. The molecule has 1 aromatic carbocycles. The number of hydrogen-bond acceptors (Lipinski definition) is 3. The first-order valence-corrected chi connectivity index (χ1v) is 6.44. The first kappa shape index (κ1) is 14.5. The molecule has 0 aliphatic carbocycles. The molecule has 0 fully saturated rings. The number of hydrogen-bond donors (Lipinski definition) is 2. The topological polar surface area (TPSA) is 58.4 Å². The van der Waals surface area contributed by atoms with Gasteiger partial charge in [0.25, 0.3) is 0 Å². The smallest absolute Gasteiger partial charge is 0.236 e. The van der Waals surface area contributed by atoms with Gasteiger partial charge in [0.15, 0.2) is 0 Å². The molecule has 0 saturated heterocycles. The average Bonchev–Trinajstić information content (AvgIpc) is 2.35. The maximum absolute atomic E-state index is 11.1. The summed E-state index contributed by atoms with van der Waals surface area (Å²) in [6, 6.07) is 8.24. The van der Waals surface area contributed by atoms with E-state index in [-0.39, 0.29) is 12.5 Å². The summed E-state index contributed by atoms with van der Waals surface area (Å²) < 4.78 is 0. The maximum atomic E-state index is 11.1. The number of carbonyl (C=O) groups excluding carboxylic acids is 1. The highest BCUT2D eigenvalue weighted by Crippen LogP contribution is 2.15. The van der Waals surface area contributed by atoms with E-state index in [4.69, 9.17) is 5.73 Å². The number of amides is 1. The first-order valence-electron chi connectivity index (χ1n) is 6.44. The molecular formula is C14H23N3O. The van der Waals surface area contributed by atoms with Crippen LogP contribution in [0.15, 0.2) is 24.3 Å². The van der Waals surface area contributed by atoms with Crippen LogP contribution < -0.4 is 16.0 Å². The van der Waals surface area contributed by atoms with Crippen molar-refractivity contribution in [1.29, 1.82) is 0 Å². The van der Waals surface area contributed by atoms with Crippen molar-refractivity contribution < 1.29 is 4.79 Å². The average molecular weight is 249 g/mol. The number of unbranched alkanes of at least 4 members (excludes halogenated alkanes) is 1. The van der Waals surface area contributed by atoms with Crippen LogP contribution in [-0.4, -0.2) is 26.0 Å². The molecule has 0 radical (unpaired) electrons. The molecule has 1 aromatic rings. The number of nitrogens with zero attached hydrogens (tertiary/aromatic N) is 1. The van der Waals surface area contributed by atoms with E-state index in [2.05, 4.69) is 24.4 Å². The maximum Gasteiger partial charge on any atom is 0.236 e. The minimum Gasteiger partial charge on any atom is -0.368 e. The molecule has 0 aliphatic heterocycles. The van der Waals surface area contributed by atoms with E-state index in [0.29, 0.717) is 0 Å². The summed E-state index contributed by atoms with van der Waals surface area (Å²) in [7, 11) is 1.93. The van der Waals surface area contributed by atoms with Gasteiger partial charge in [-0.1, -0.05) is 25.5 Å². The largest absolute Gasteiger partial charge is 0.368 e. The molecule has 4 heteroatoms. The lowest BCUT2D eigenvalue weighted by Gasteiger charge is -2.23. The Morgan fingerprint density at radius 2 is 2.00 bits per heavy atom. The summed E-state index contributed by atoms with van der Waals surface area (Å²) in [5, 5.41) is 3.11. The Labute approximate surface area is 109 Å². The summed E-state index contributed by atoms with van der Waals surface area (Å²) in [6.45, 7) is 4.14. The van der Waals surface area contributed by atoms with Gasteiger partial charge in [0.1, 0.15) is 0 Å². The van der Waals surface area contributed by atoms with Gasteiger partial charge in [-0.2, -0.15) is 0 Å². The van der Waals surface area contributed by atoms with Crippen LogP contribution in [0.2, 0.25) is 0 Å². The number of benzene rings is 1. The Kier molecular flexibility index (Phi) is 6.22. The summed E-state index contributed by atoms with van der Waals surface area (Å²) >= 11 is 0. The fourth-order valence-corrected chi connectivity index (χ4v) is 1.87. The Bertz CT molecular complexity index is 362. The van der Waals surface area contributed by atoms with Crippen LogP contribution in [0.3, 0.4) is 0 Å². The molecule has 3 N–H and O–H groups in total. The van der Waals surface area contributed by atoms with Crippen LogP contribution in [0.4, 0.5) is 5.69 Å². The molecule has 0 aliphatic rings. The summed E-state index contributed by atoms with van der Waals surface area (Å²) in [4.78, 5) is 13.1. The SMILES string of the molecule is CCCCN(CC(N)=O)c1ccc(CNC)cc1. The molecule has 18 heavy (non-hydrogen) atoms. The van der Waals surface area contributed by atoms with Crippen molar-refractivity contribution in [2.45, 2.75) is 26.3 Å². The molecule has 0 bridgehead atoms. The minimum absolute atomic E-state index is 0.283. The normalized spacial score (nSPS) is 10.3. The van der Waals surface area contributed by atoms with Crippen molar-refractivity contribution in [1.82, 2.24) is 5.32 Å². The second-order valence-corrected chi connectivity index (χ2v) is 4.44. The van der Waals surface area contributed by atoms with E-state index in [1.807, 2.05) is 24.1 Å². The number of primary amides is 1. The third-order valence-corrected chi connectivity index (χ3v) is 2.81. The lowest BCUT2D eigenvalue weighted by atomic mass is 10.2. The van der Waals surface area contributed by atoms with Crippen LogP contribution in [0.25, 0.3) is 0 Å². The predicted molar refractivity (Wildman–Crippen MR) is 75.5 cm³/mol. The van der Waals surface area contributed by atoms with E-state index in [9.17, 15) is 4.79 Å². The number of nitrogens with one attached hydrogen (secondary N) is 1. The van der Waals surface area contributed by atoms with E-state index in [0.717, 1.165) is 31.6 Å². The molecular weight excluding hydrogens is 226 g/mol. The summed E-state index contributed by atoms with van der Waals surface area (Å²) in [5.41, 5.74) is 7.58. The second-order valence-electron chi connectivity index (χ2n) is 4.44. The molecule has 4 nitrogen and oxygen atoms in total. The van der Waals surface area contributed by atoms with Gasteiger partial charge in [-0.3, -0.25) is 4.79 Å². The molecule has 0 heterocycles. The number of nitrogens with two attached hydrogens (primary N) is 1. The standard InChI is InChI=1S/C14H23N3O/c1-3-4-9-17(11-14(15)18)13-7-5-12(6-8-13)10-16-2/h5-8,16H,3-4,9-11H2,1-2H3,(H2,15,18). The van der Waals surface area contributed by atoms with Gasteiger partial charge < -0.3 is 16.0 Å². The molecule has 0 aromatic heterocycles. The van der Waals surface area contributed by atoms with Crippen molar-refractivity contribution in [3.05, 3.63) is 29.8 Å². The molecule has 1 rings (SSSR count). The Morgan fingerprint density at radius 1 is 1.33 bits per heavy atom. The van der Waals surface area contributed by atoms with Crippen molar-refractivity contribution in [2.24, 2.45) is 5.73 Å². The third kappa shape index (κ3) is 4.75. The zero-order valence-corrected chi connectivity index (χ0v) is 11.3. The van der Waals surface area contributed by atoms with Gasteiger partial charge in [-0.15, -0.1) is 0 Å². The molecule has 0 saturated carbocycles. The van der Waals surface area contributed by atoms with Gasteiger partial charge in [-0.05, 0) is 31.2 Å². The highest BCUT2D eigenvalue weighted by atomic mass is 16.1. The lowest BCUT2D eigenvalue weighted by molar-refractivity contribution is -0.116. The predicted octanol–water partition coefficient (Wildman–Crippen LogP) is 1.50. The van der Waals surface area contributed by atoms with Crippen LogP contribution in [-0.2, 0) is 11.3 Å². The third-order valence-electron chi connectivity index (χ3n) is 2.81. The van der Waals surface area contributed by atoms with E-state index >= 15 is 0 Å². The summed E-state index contributed by atoms with van der Waals surface area (Å²) in [5.74, 6) is -0.287. The zero-order valence-electron chi connectivity index (χ0n) is 11.3. The van der Waals surface area contributed by atoms with Gasteiger partial charge in [0.2, 0.25) is 5.91 Å². The molecule has 1 amide bonds. The number of carbonyl (C=O) groups is 1. The van der Waals surface area contributed by atoms with Crippen LogP contribution in [0.5, 0.6) is 0 Å². The quantitative estimate of drug-likeness (QED) is 0.734. The Balaban J connectivity index is 2.73.